The number of rotatable bonds is 3. The molecule has 0 saturated heterocycles. The number of nitrogens with one attached hydrogen (secondary N) is 1. The van der Waals surface area contributed by atoms with Crippen molar-refractivity contribution in [2.45, 2.75) is 12.4 Å². The Labute approximate surface area is 200 Å². The number of alkyl halides is 6. The van der Waals surface area contributed by atoms with Gasteiger partial charge in [-0.15, -0.1) is 0 Å². The zero-order chi connectivity index (χ0) is 24.8. The second-order valence-corrected chi connectivity index (χ2v) is 8.26. The van der Waals surface area contributed by atoms with E-state index in [9.17, 15) is 31.1 Å². The van der Waals surface area contributed by atoms with Gasteiger partial charge < -0.3 is 5.32 Å². The molecule has 176 valence electrons. The highest BCUT2D eigenvalue weighted by Gasteiger charge is 2.37. The van der Waals surface area contributed by atoms with E-state index in [1.807, 2.05) is 0 Å². The quantitative estimate of drug-likeness (QED) is 0.271. The minimum Gasteiger partial charge on any atom is -0.321 e. The van der Waals surface area contributed by atoms with Crippen LogP contribution in [-0.4, -0.2) is 20.5 Å². The highest BCUT2D eigenvalue weighted by molar-refractivity contribution is 9.10. The summed E-state index contributed by atoms with van der Waals surface area (Å²) in [7, 11) is 0. The van der Waals surface area contributed by atoms with Crippen LogP contribution in [0.2, 0.25) is 5.02 Å². The smallest absolute Gasteiger partial charge is 0.321 e. The molecule has 0 spiro atoms. The minimum absolute atomic E-state index is 0.0704. The van der Waals surface area contributed by atoms with Crippen molar-refractivity contribution in [2.24, 2.45) is 0 Å². The fourth-order valence-corrected chi connectivity index (χ4v) is 3.58. The van der Waals surface area contributed by atoms with Gasteiger partial charge >= 0.3 is 12.4 Å². The molecule has 0 bridgehead atoms. The van der Waals surface area contributed by atoms with Crippen LogP contribution in [0.4, 0.5) is 32.0 Å². The summed E-state index contributed by atoms with van der Waals surface area (Å²) in [6.45, 7) is 0. The molecule has 0 aliphatic heterocycles. The highest BCUT2D eigenvalue weighted by Crippen LogP contribution is 2.35. The van der Waals surface area contributed by atoms with Crippen molar-refractivity contribution in [2.75, 3.05) is 5.32 Å². The van der Waals surface area contributed by atoms with E-state index in [-0.39, 0.29) is 11.4 Å². The fourth-order valence-electron chi connectivity index (χ4n) is 3.07. The van der Waals surface area contributed by atoms with Crippen LogP contribution in [0.15, 0.2) is 59.1 Å². The van der Waals surface area contributed by atoms with Crippen LogP contribution >= 0.6 is 27.5 Å². The van der Waals surface area contributed by atoms with Gasteiger partial charge in [0.05, 0.1) is 11.3 Å². The normalized spacial score (nSPS) is 12.2. The molecule has 0 saturated carbocycles. The molecule has 1 N–H and O–H groups in total. The molecule has 0 radical (unpaired) electrons. The molecule has 0 aliphatic rings. The molecule has 0 unspecified atom stereocenters. The molecule has 4 rings (SSSR count). The molecule has 2 aromatic carbocycles. The van der Waals surface area contributed by atoms with E-state index < -0.39 is 45.9 Å². The van der Waals surface area contributed by atoms with E-state index in [2.05, 4.69) is 31.3 Å². The first-order valence-corrected chi connectivity index (χ1v) is 10.4. The number of aromatic nitrogens is 3. The summed E-state index contributed by atoms with van der Waals surface area (Å²) in [5.41, 5.74) is -3.30. The summed E-state index contributed by atoms with van der Waals surface area (Å²) >= 11 is 9.40. The molecule has 34 heavy (non-hydrogen) atoms. The first kappa shape index (κ1) is 24.0. The van der Waals surface area contributed by atoms with Gasteiger partial charge in [0.2, 0.25) is 0 Å². The Balaban J connectivity index is 1.80. The third-order valence-corrected chi connectivity index (χ3v) is 5.50. The van der Waals surface area contributed by atoms with E-state index in [0.29, 0.717) is 20.6 Å². The van der Waals surface area contributed by atoms with Crippen molar-refractivity contribution < 1.29 is 31.1 Å². The van der Waals surface area contributed by atoms with Crippen LogP contribution in [-0.2, 0) is 12.4 Å². The van der Waals surface area contributed by atoms with Gasteiger partial charge in [0.1, 0.15) is 5.02 Å². The molecule has 2 heterocycles. The van der Waals surface area contributed by atoms with Gasteiger partial charge in [-0.05, 0) is 36.4 Å². The fraction of sp³-hybridized carbons (Fsp3) is 0.0952. The molecule has 0 fully saturated rings. The predicted molar refractivity (Wildman–Crippen MR) is 116 cm³/mol. The number of amides is 1. The summed E-state index contributed by atoms with van der Waals surface area (Å²) < 4.78 is 81.2. The van der Waals surface area contributed by atoms with Crippen LogP contribution in [0.3, 0.4) is 0 Å². The number of anilines is 1. The highest BCUT2D eigenvalue weighted by atomic mass is 79.9. The van der Waals surface area contributed by atoms with Gasteiger partial charge in [0.25, 0.3) is 5.91 Å². The Hall–Kier alpha value is -3.12. The van der Waals surface area contributed by atoms with Crippen LogP contribution in [0.5, 0.6) is 0 Å². The molecule has 5 nitrogen and oxygen atoms in total. The van der Waals surface area contributed by atoms with Crippen molar-refractivity contribution in [3.63, 3.8) is 0 Å². The largest absolute Gasteiger partial charge is 0.433 e. The lowest BCUT2D eigenvalue weighted by molar-refractivity contribution is -0.142. The Morgan fingerprint density at radius 3 is 2.26 bits per heavy atom. The SMILES string of the molecule is O=C(Nc1cccc(C(F)(F)F)c1)c1nn2c(C(F)(F)F)cc(-c3ccc(Br)cc3)nc2c1Cl. The number of benzene rings is 2. The summed E-state index contributed by atoms with van der Waals surface area (Å²) in [6.07, 6.45) is -9.54. The van der Waals surface area contributed by atoms with Gasteiger partial charge in [0, 0.05) is 15.7 Å². The maximum absolute atomic E-state index is 13.8. The monoisotopic (exact) mass is 562 g/mol. The van der Waals surface area contributed by atoms with Crippen molar-refractivity contribution in [3.05, 3.63) is 81.0 Å². The Bertz CT molecular complexity index is 1400. The first-order valence-electron chi connectivity index (χ1n) is 9.25. The molecule has 2 aromatic heterocycles. The van der Waals surface area contributed by atoms with Gasteiger partial charge in [-0.3, -0.25) is 4.79 Å². The zero-order valence-electron chi connectivity index (χ0n) is 16.5. The Kier molecular flexibility index (Phi) is 6.06. The summed E-state index contributed by atoms with van der Waals surface area (Å²) in [5.74, 6) is -1.10. The van der Waals surface area contributed by atoms with Crippen LogP contribution in [0, 0.1) is 0 Å². The maximum atomic E-state index is 13.8. The molecular formula is C21H10BrClF6N4O. The Morgan fingerprint density at radius 1 is 0.971 bits per heavy atom. The molecular weight excluding hydrogens is 554 g/mol. The number of carbonyl (C=O) groups is 1. The number of hydrogen-bond acceptors (Lipinski definition) is 3. The average molecular weight is 564 g/mol. The van der Waals surface area contributed by atoms with Crippen LogP contribution in [0.1, 0.15) is 21.7 Å². The molecule has 13 heteroatoms. The van der Waals surface area contributed by atoms with Crippen LogP contribution in [0.25, 0.3) is 16.9 Å². The van der Waals surface area contributed by atoms with E-state index in [0.717, 1.165) is 18.2 Å². The zero-order valence-corrected chi connectivity index (χ0v) is 18.8. The molecule has 4 aromatic rings. The van der Waals surface area contributed by atoms with Gasteiger partial charge in [-0.2, -0.15) is 31.4 Å². The third-order valence-electron chi connectivity index (χ3n) is 4.63. The molecule has 1 amide bonds. The van der Waals surface area contributed by atoms with Crippen molar-refractivity contribution in [3.8, 4) is 11.3 Å². The van der Waals surface area contributed by atoms with Crippen molar-refractivity contribution in [1.82, 2.24) is 14.6 Å². The van der Waals surface area contributed by atoms with Crippen LogP contribution < -0.4 is 5.32 Å². The second-order valence-electron chi connectivity index (χ2n) is 6.96. The van der Waals surface area contributed by atoms with E-state index in [1.54, 1.807) is 12.1 Å². The topological polar surface area (TPSA) is 59.3 Å². The summed E-state index contributed by atoms with van der Waals surface area (Å²) in [5, 5.41) is 5.33. The van der Waals surface area contributed by atoms with Gasteiger partial charge in [-0.25, -0.2) is 9.50 Å². The number of halogens is 8. The van der Waals surface area contributed by atoms with E-state index >= 15 is 0 Å². The summed E-state index contributed by atoms with van der Waals surface area (Å²) in [4.78, 5) is 16.8. The standard InChI is InChI=1S/C21H10BrClF6N4O/c22-12-6-4-10(5-7-12)14-9-15(21(27,28)29)33-18(31-14)16(23)17(32-33)19(34)30-13-3-1-2-11(8-13)20(24,25)26/h1-9H,(H,30,34). The number of hydrogen-bond donors (Lipinski definition) is 1. The lowest BCUT2D eigenvalue weighted by Crippen LogP contribution is -2.16. The minimum atomic E-state index is -4.88. The van der Waals surface area contributed by atoms with Gasteiger partial charge in [0.15, 0.2) is 17.0 Å². The maximum Gasteiger partial charge on any atom is 0.433 e. The number of carbonyl (C=O) groups excluding carboxylic acids is 1. The lowest BCUT2D eigenvalue weighted by Gasteiger charge is -2.11. The lowest BCUT2D eigenvalue weighted by atomic mass is 10.1. The third kappa shape index (κ3) is 4.73. The number of fused-ring (bicyclic) bond motifs is 1. The second kappa shape index (κ2) is 8.58. The van der Waals surface area contributed by atoms with Crippen molar-refractivity contribution in [1.29, 1.82) is 0 Å². The average Bonchev–Trinajstić information content (AvgIpc) is 3.09. The molecule has 0 aliphatic carbocycles. The summed E-state index contributed by atoms with van der Waals surface area (Å²) in [6, 6.07) is 10.8. The Morgan fingerprint density at radius 2 is 1.65 bits per heavy atom. The first-order chi connectivity index (χ1) is 15.8. The van der Waals surface area contributed by atoms with Crippen molar-refractivity contribution >= 4 is 44.8 Å². The van der Waals surface area contributed by atoms with Gasteiger partial charge in [-0.1, -0.05) is 45.7 Å². The number of nitrogens with zero attached hydrogens (tertiary/aromatic N) is 3. The predicted octanol–water partition coefficient (Wildman–Crippen LogP) is 7.10. The van der Waals surface area contributed by atoms with E-state index in [1.165, 1.54) is 18.2 Å². The molecule has 0 atom stereocenters. The van der Waals surface area contributed by atoms with E-state index in [4.69, 9.17) is 11.6 Å².